The van der Waals surface area contributed by atoms with E-state index >= 15 is 0 Å². The molecule has 0 unspecified atom stereocenters. The summed E-state index contributed by atoms with van der Waals surface area (Å²) in [4.78, 5) is 28.6. The summed E-state index contributed by atoms with van der Waals surface area (Å²) in [5, 5.41) is 0. The molecule has 120 valence electrons. The van der Waals surface area contributed by atoms with Gasteiger partial charge in [-0.05, 0) is 39.8 Å². The number of carbonyl (C=O) groups is 2. The molecule has 1 aromatic rings. The van der Waals surface area contributed by atoms with Crippen molar-refractivity contribution < 1.29 is 9.59 Å². The normalized spacial score (nSPS) is 16.5. The van der Waals surface area contributed by atoms with E-state index in [1.807, 2.05) is 49.1 Å². The lowest BCUT2D eigenvalue weighted by atomic mass is 9.95. The van der Waals surface area contributed by atoms with Crippen molar-refractivity contribution in [3.63, 3.8) is 0 Å². The van der Waals surface area contributed by atoms with Gasteiger partial charge in [-0.15, -0.1) is 0 Å². The zero-order valence-electron chi connectivity index (χ0n) is 13.6. The Bertz CT molecular complexity index is 489. The maximum Gasteiger partial charge on any atom is 0.225 e. The van der Waals surface area contributed by atoms with Crippen LogP contribution in [0, 0.1) is 5.92 Å². The number of ketones is 1. The molecule has 0 N–H and O–H groups in total. The minimum absolute atomic E-state index is 0.128. The van der Waals surface area contributed by atoms with Crippen molar-refractivity contribution in [1.82, 2.24) is 9.80 Å². The number of carbonyl (C=O) groups excluding carboxylic acids is 2. The molecule has 1 amide bonds. The van der Waals surface area contributed by atoms with Gasteiger partial charge in [0.25, 0.3) is 0 Å². The summed E-state index contributed by atoms with van der Waals surface area (Å²) in [6.45, 7) is 7.72. The molecule has 22 heavy (non-hydrogen) atoms. The second-order valence-corrected chi connectivity index (χ2v) is 5.85. The average molecular weight is 302 g/mol. The minimum atomic E-state index is 0.128. The summed E-state index contributed by atoms with van der Waals surface area (Å²) in [5.41, 5.74) is 0.767. The van der Waals surface area contributed by atoms with E-state index < -0.39 is 0 Å². The van der Waals surface area contributed by atoms with Crippen molar-refractivity contribution in [2.45, 2.75) is 26.7 Å². The number of rotatable bonds is 6. The topological polar surface area (TPSA) is 40.6 Å². The number of likely N-dealkylation sites (tertiary alicyclic amines) is 1. The van der Waals surface area contributed by atoms with E-state index in [9.17, 15) is 9.59 Å². The molecule has 1 aliphatic heterocycles. The fourth-order valence-electron chi connectivity index (χ4n) is 3.05. The molecule has 1 aliphatic rings. The van der Waals surface area contributed by atoms with Gasteiger partial charge in [-0.3, -0.25) is 14.5 Å². The van der Waals surface area contributed by atoms with E-state index in [4.69, 9.17) is 0 Å². The molecule has 0 saturated carbocycles. The summed E-state index contributed by atoms with van der Waals surface area (Å²) >= 11 is 0. The van der Waals surface area contributed by atoms with E-state index in [1.54, 1.807) is 0 Å². The Morgan fingerprint density at radius 3 is 2.23 bits per heavy atom. The second kappa shape index (κ2) is 8.08. The monoisotopic (exact) mass is 302 g/mol. The smallest absolute Gasteiger partial charge is 0.225 e. The van der Waals surface area contributed by atoms with Crippen LogP contribution in [0.25, 0.3) is 0 Å². The molecule has 1 aromatic carbocycles. The van der Waals surface area contributed by atoms with Gasteiger partial charge >= 0.3 is 0 Å². The summed E-state index contributed by atoms with van der Waals surface area (Å²) in [7, 11) is 0. The molecule has 4 nitrogen and oxygen atoms in total. The summed E-state index contributed by atoms with van der Waals surface area (Å²) in [6, 6.07) is 9.42. The van der Waals surface area contributed by atoms with Gasteiger partial charge in [0.05, 0.1) is 6.54 Å². The molecule has 0 spiro atoms. The van der Waals surface area contributed by atoms with Crippen molar-refractivity contribution in [1.29, 1.82) is 0 Å². The maximum atomic E-state index is 12.4. The number of Topliss-reactive ketones (excluding diaryl/α,β-unsaturated/α-hetero) is 1. The van der Waals surface area contributed by atoms with Crippen LogP contribution in [-0.2, 0) is 4.79 Å². The van der Waals surface area contributed by atoms with Crippen LogP contribution in [0.3, 0.4) is 0 Å². The van der Waals surface area contributed by atoms with Gasteiger partial charge < -0.3 is 4.90 Å². The number of benzene rings is 1. The first-order valence-corrected chi connectivity index (χ1v) is 8.25. The van der Waals surface area contributed by atoms with Gasteiger partial charge in [-0.1, -0.05) is 30.3 Å². The number of nitrogens with zero attached hydrogens (tertiary/aromatic N) is 2. The lowest BCUT2D eigenvalue weighted by Crippen LogP contribution is -2.43. The molecule has 0 aromatic heterocycles. The zero-order chi connectivity index (χ0) is 15.9. The van der Waals surface area contributed by atoms with E-state index in [-0.39, 0.29) is 17.6 Å². The predicted molar refractivity (Wildman–Crippen MR) is 87.9 cm³/mol. The molecule has 4 heteroatoms. The van der Waals surface area contributed by atoms with Crippen LogP contribution < -0.4 is 0 Å². The Hall–Kier alpha value is -1.68. The highest BCUT2D eigenvalue weighted by Crippen LogP contribution is 2.20. The predicted octanol–water partition coefficient (Wildman–Crippen LogP) is 2.45. The van der Waals surface area contributed by atoms with Gasteiger partial charge in [0.2, 0.25) is 5.91 Å². The third-order valence-electron chi connectivity index (χ3n) is 4.47. The van der Waals surface area contributed by atoms with E-state index in [0.29, 0.717) is 6.54 Å². The van der Waals surface area contributed by atoms with E-state index in [2.05, 4.69) is 4.90 Å². The lowest BCUT2D eigenvalue weighted by molar-refractivity contribution is -0.136. The van der Waals surface area contributed by atoms with Crippen LogP contribution in [0.15, 0.2) is 30.3 Å². The van der Waals surface area contributed by atoms with Crippen molar-refractivity contribution in [3.8, 4) is 0 Å². The first-order valence-electron chi connectivity index (χ1n) is 8.25. The number of hydrogen-bond donors (Lipinski definition) is 0. The molecule has 0 bridgehead atoms. The third-order valence-corrected chi connectivity index (χ3v) is 4.47. The van der Waals surface area contributed by atoms with Gasteiger partial charge in [0.1, 0.15) is 0 Å². The van der Waals surface area contributed by atoms with Crippen LogP contribution in [0.4, 0.5) is 0 Å². The van der Waals surface area contributed by atoms with Crippen molar-refractivity contribution in [3.05, 3.63) is 35.9 Å². The molecule has 2 rings (SSSR count). The fourth-order valence-corrected chi connectivity index (χ4v) is 3.05. The molecular weight excluding hydrogens is 276 g/mol. The number of hydrogen-bond acceptors (Lipinski definition) is 3. The standard InChI is InChI=1S/C18H26N2O2/c1-3-20(4-2)18(22)16-10-12-19(13-11-16)14-17(21)15-8-6-5-7-9-15/h5-9,16H,3-4,10-14H2,1-2H3. The van der Waals surface area contributed by atoms with Crippen LogP contribution in [0.2, 0.25) is 0 Å². The fraction of sp³-hybridized carbons (Fsp3) is 0.556. The molecular formula is C18H26N2O2. The van der Waals surface area contributed by atoms with Crippen molar-refractivity contribution in [2.75, 3.05) is 32.7 Å². The Balaban J connectivity index is 1.82. The van der Waals surface area contributed by atoms with Crippen LogP contribution in [-0.4, -0.2) is 54.2 Å². The minimum Gasteiger partial charge on any atom is -0.343 e. The molecule has 1 fully saturated rings. The first kappa shape index (κ1) is 16.7. The van der Waals surface area contributed by atoms with Crippen molar-refractivity contribution >= 4 is 11.7 Å². The maximum absolute atomic E-state index is 12.4. The molecule has 0 radical (unpaired) electrons. The van der Waals surface area contributed by atoms with Crippen LogP contribution in [0.5, 0.6) is 0 Å². The number of piperidine rings is 1. The highest BCUT2D eigenvalue weighted by atomic mass is 16.2. The van der Waals surface area contributed by atoms with Gasteiger partial charge in [0.15, 0.2) is 5.78 Å². The molecule has 1 saturated heterocycles. The van der Waals surface area contributed by atoms with Gasteiger partial charge in [0, 0.05) is 24.6 Å². The van der Waals surface area contributed by atoms with E-state index in [0.717, 1.165) is 44.6 Å². The third kappa shape index (κ3) is 4.17. The van der Waals surface area contributed by atoms with Crippen LogP contribution >= 0.6 is 0 Å². The highest BCUT2D eigenvalue weighted by Gasteiger charge is 2.28. The summed E-state index contributed by atoms with van der Waals surface area (Å²) in [5.74, 6) is 0.566. The largest absolute Gasteiger partial charge is 0.343 e. The quantitative estimate of drug-likeness (QED) is 0.758. The van der Waals surface area contributed by atoms with E-state index in [1.165, 1.54) is 0 Å². The number of amides is 1. The second-order valence-electron chi connectivity index (χ2n) is 5.85. The van der Waals surface area contributed by atoms with Crippen LogP contribution in [0.1, 0.15) is 37.0 Å². The Kier molecular flexibility index (Phi) is 6.13. The lowest BCUT2D eigenvalue weighted by Gasteiger charge is -2.33. The summed E-state index contributed by atoms with van der Waals surface area (Å²) < 4.78 is 0. The SMILES string of the molecule is CCN(CC)C(=O)C1CCN(CC(=O)c2ccccc2)CC1. The summed E-state index contributed by atoms with van der Waals surface area (Å²) in [6.07, 6.45) is 1.72. The average Bonchev–Trinajstić information content (AvgIpc) is 2.57. The zero-order valence-corrected chi connectivity index (χ0v) is 13.6. The first-order chi connectivity index (χ1) is 10.7. The Morgan fingerprint density at radius 2 is 1.68 bits per heavy atom. The highest BCUT2D eigenvalue weighted by molar-refractivity contribution is 5.97. The Morgan fingerprint density at radius 1 is 1.09 bits per heavy atom. The molecule has 0 atom stereocenters. The van der Waals surface area contributed by atoms with Crippen molar-refractivity contribution in [2.24, 2.45) is 5.92 Å². The molecule has 0 aliphatic carbocycles. The molecule has 1 heterocycles. The van der Waals surface area contributed by atoms with Gasteiger partial charge in [-0.25, -0.2) is 0 Å². The Labute approximate surface area is 133 Å². The van der Waals surface area contributed by atoms with Gasteiger partial charge in [-0.2, -0.15) is 0 Å².